The van der Waals surface area contributed by atoms with Gasteiger partial charge in [0, 0.05) is 50.7 Å². The molecule has 0 radical (unpaired) electrons. The molecule has 1 aliphatic heterocycles. The molecule has 0 amide bonds. The van der Waals surface area contributed by atoms with Crippen molar-refractivity contribution in [3.63, 3.8) is 0 Å². The minimum absolute atomic E-state index is 0. The summed E-state index contributed by atoms with van der Waals surface area (Å²) in [5, 5.41) is 4.66. The molecule has 0 bridgehead atoms. The van der Waals surface area contributed by atoms with Crippen LogP contribution in [-0.4, -0.2) is 41.6 Å². The average Bonchev–Trinajstić information content (AvgIpc) is 2.96. The number of piperazine rings is 1. The number of hydrogen-bond donors (Lipinski definition) is 1. The Labute approximate surface area is 162 Å². The molecule has 0 saturated carbocycles. The van der Waals surface area contributed by atoms with Crippen LogP contribution < -0.4 is 5.32 Å². The second kappa shape index (κ2) is 10.2. The van der Waals surface area contributed by atoms with Gasteiger partial charge in [-0.15, -0.1) is 24.8 Å². The van der Waals surface area contributed by atoms with Crippen molar-refractivity contribution < 1.29 is 4.79 Å². The van der Waals surface area contributed by atoms with E-state index in [1.807, 2.05) is 10.6 Å². The number of carbonyl (C=O) groups is 1. The third kappa shape index (κ3) is 4.76. The third-order valence-corrected chi connectivity index (χ3v) is 4.86. The summed E-state index contributed by atoms with van der Waals surface area (Å²) in [4.78, 5) is 14.6. The van der Waals surface area contributed by atoms with Crippen LogP contribution in [0.2, 0.25) is 0 Å². The number of fused-ring (bicyclic) bond motifs is 1. The van der Waals surface area contributed by atoms with Gasteiger partial charge >= 0.3 is 0 Å². The van der Waals surface area contributed by atoms with E-state index in [0.717, 1.165) is 38.1 Å². The molecular formula is C19H29Cl2N3O. The Morgan fingerprint density at radius 1 is 1.20 bits per heavy atom. The summed E-state index contributed by atoms with van der Waals surface area (Å²) in [6.07, 6.45) is 5.65. The van der Waals surface area contributed by atoms with E-state index in [9.17, 15) is 4.79 Å². The minimum atomic E-state index is 0. The van der Waals surface area contributed by atoms with E-state index in [1.165, 1.54) is 23.8 Å². The highest BCUT2D eigenvalue weighted by atomic mass is 35.5. The molecule has 2 aromatic rings. The van der Waals surface area contributed by atoms with E-state index in [4.69, 9.17) is 0 Å². The highest BCUT2D eigenvalue weighted by molar-refractivity contribution is 5.93. The van der Waals surface area contributed by atoms with Crippen LogP contribution in [0.3, 0.4) is 0 Å². The van der Waals surface area contributed by atoms with Gasteiger partial charge < -0.3 is 5.32 Å². The van der Waals surface area contributed by atoms with Crippen molar-refractivity contribution in [1.29, 1.82) is 0 Å². The maximum atomic E-state index is 12.0. The smallest absolute Gasteiger partial charge is 0.227 e. The molecule has 1 aromatic carbocycles. The van der Waals surface area contributed by atoms with Crippen LogP contribution in [0.1, 0.15) is 49.5 Å². The molecule has 0 aliphatic carbocycles. The zero-order valence-corrected chi connectivity index (χ0v) is 16.7. The maximum absolute atomic E-state index is 12.0. The minimum Gasteiger partial charge on any atom is -0.314 e. The molecule has 2 heterocycles. The van der Waals surface area contributed by atoms with Gasteiger partial charge in [-0.05, 0) is 18.1 Å². The molecule has 140 valence electrons. The number of unbranched alkanes of at least 4 members (excludes halogenated alkanes) is 1. The van der Waals surface area contributed by atoms with Crippen LogP contribution in [0.4, 0.5) is 0 Å². The van der Waals surface area contributed by atoms with Crippen LogP contribution >= 0.6 is 24.8 Å². The predicted molar refractivity (Wildman–Crippen MR) is 109 cm³/mol. The van der Waals surface area contributed by atoms with Crippen LogP contribution in [0.25, 0.3) is 10.9 Å². The van der Waals surface area contributed by atoms with Crippen LogP contribution in [0.5, 0.6) is 0 Å². The number of aromatic nitrogens is 1. The highest BCUT2D eigenvalue weighted by Crippen LogP contribution is 2.33. The zero-order chi connectivity index (χ0) is 16.2. The number of nitrogens with zero attached hydrogens (tertiary/aromatic N) is 2. The first-order valence-corrected chi connectivity index (χ1v) is 8.78. The summed E-state index contributed by atoms with van der Waals surface area (Å²) >= 11 is 0. The van der Waals surface area contributed by atoms with Crippen molar-refractivity contribution in [2.45, 2.75) is 39.2 Å². The molecule has 3 rings (SSSR count). The van der Waals surface area contributed by atoms with Gasteiger partial charge in [-0.1, -0.05) is 38.0 Å². The molecule has 1 atom stereocenters. The normalized spacial score (nSPS) is 16.1. The fraction of sp³-hybridized carbons (Fsp3) is 0.526. The number of nitrogens with one attached hydrogen (secondary N) is 1. The number of carbonyl (C=O) groups excluding carboxylic acids is 1. The average molecular weight is 386 g/mol. The molecule has 0 unspecified atom stereocenters. The van der Waals surface area contributed by atoms with Gasteiger partial charge in [-0.2, -0.15) is 0 Å². The van der Waals surface area contributed by atoms with E-state index in [-0.39, 0.29) is 30.7 Å². The number of para-hydroxylation sites is 1. The highest BCUT2D eigenvalue weighted by Gasteiger charge is 2.25. The molecule has 1 aromatic heterocycles. The first kappa shape index (κ1) is 22.0. The molecule has 1 saturated heterocycles. The lowest BCUT2D eigenvalue weighted by Crippen LogP contribution is -2.45. The number of hydrogen-bond acceptors (Lipinski definition) is 3. The van der Waals surface area contributed by atoms with Gasteiger partial charge in [0.2, 0.25) is 5.91 Å². The largest absolute Gasteiger partial charge is 0.314 e. The third-order valence-electron chi connectivity index (χ3n) is 4.86. The van der Waals surface area contributed by atoms with Gasteiger partial charge in [0.15, 0.2) is 0 Å². The van der Waals surface area contributed by atoms with E-state index in [2.05, 4.69) is 41.5 Å². The standard InChI is InChI=1S/C19H27N3O.2ClH/c1-3-4-8-18(21-12-10-20-11-13-21)17-14-22(15(2)23)19-9-6-5-7-16(17)19;;/h5-7,9,14,18,20H,3-4,8,10-13H2,1-2H3;2*1H/t18-;;/m1../s1. The number of rotatable bonds is 5. The molecule has 4 nitrogen and oxygen atoms in total. The van der Waals surface area contributed by atoms with Gasteiger partial charge in [-0.25, -0.2) is 0 Å². The quantitative estimate of drug-likeness (QED) is 0.834. The van der Waals surface area contributed by atoms with Crippen molar-refractivity contribution in [2.24, 2.45) is 0 Å². The summed E-state index contributed by atoms with van der Waals surface area (Å²) in [5.74, 6) is 0.0852. The molecular weight excluding hydrogens is 357 g/mol. The molecule has 1 N–H and O–H groups in total. The Bertz CT molecular complexity index is 680. The Kier molecular flexibility index (Phi) is 8.94. The van der Waals surface area contributed by atoms with Gasteiger partial charge in [0.05, 0.1) is 5.52 Å². The Morgan fingerprint density at radius 2 is 1.88 bits per heavy atom. The van der Waals surface area contributed by atoms with E-state index in [1.54, 1.807) is 6.92 Å². The van der Waals surface area contributed by atoms with Crippen molar-refractivity contribution in [3.05, 3.63) is 36.0 Å². The van der Waals surface area contributed by atoms with Gasteiger partial charge in [0.1, 0.15) is 0 Å². The second-order valence-electron chi connectivity index (χ2n) is 6.43. The number of benzene rings is 1. The molecule has 0 spiro atoms. The summed E-state index contributed by atoms with van der Waals surface area (Å²) in [6.45, 7) is 8.14. The van der Waals surface area contributed by atoms with Gasteiger partial charge in [0.25, 0.3) is 0 Å². The van der Waals surface area contributed by atoms with Crippen molar-refractivity contribution >= 4 is 41.6 Å². The fourth-order valence-corrected chi connectivity index (χ4v) is 3.66. The SMILES string of the molecule is CCCC[C@H](c1cn(C(C)=O)c2ccccc12)N1CCNCC1.Cl.Cl. The lowest BCUT2D eigenvalue weighted by molar-refractivity contribution is 0.0941. The topological polar surface area (TPSA) is 37.3 Å². The molecule has 25 heavy (non-hydrogen) atoms. The summed E-state index contributed by atoms with van der Waals surface area (Å²) in [6, 6.07) is 8.70. The van der Waals surface area contributed by atoms with Crippen LogP contribution in [0.15, 0.2) is 30.5 Å². The Morgan fingerprint density at radius 3 is 2.52 bits per heavy atom. The zero-order valence-electron chi connectivity index (χ0n) is 15.0. The first-order chi connectivity index (χ1) is 11.2. The first-order valence-electron chi connectivity index (χ1n) is 8.78. The van der Waals surface area contributed by atoms with Crippen LogP contribution in [0, 0.1) is 0 Å². The van der Waals surface area contributed by atoms with Crippen molar-refractivity contribution in [2.75, 3.05) is 26.2 Å². The van der Waals surface area contributed by atoms with E-state index < -0.39 is 0 Å². The monoisotopic (exact) mass is 385 g/mol. The lowest BCUT2D eigenvalue weighted by Gasteiger charge is -2.35. The van der Waals surface area contributed by atoms with E-state index in [0.29, 0.717) is 6.04 Å². The fourth-order valence-electron chi connectivity index (χ4n) is 3.66. The van der Waals surface area contributed by atoms with Gasteiger partial charge in [-0.3, -0.25) is 14.3 Å². The van der Waals surface area contributed by atoms with Crippen molar-refractivity contribution in [3.8, 4) is 0 Å². The predicted octanol–water partition coefficient (Wildman–Crippen LogP) is 4.28. The maximum Gasteiger partial charge on any atom is 0.227 e. The number of halogens is 2. The molecule has 1 fully saturated rings. The summed E-state index contributed by atoms with van der Waals surface area (Å²) < 4.78 is 1.81. The molecule has 6 heteroatoms. The summed E-state index contributed by atoms with van der Waals surface area (Å²) in [5.41, 5.74) is 2.35. The molecule has 1 aliphatic rings. The van der Waals surface area contributed by atoms with Crippen LogP contribution in [-0.2, 0) is 0 Å². The van der Waals surface area contributed by atoms with Crippen molar-refractivity contribution in [1.82, 2.24) is 14.8 Å². The summed E-state index contributed by atoms with van der Waals surface area (Å²) in [7, 11) is 0. The van der Waals surface area contributed by atoms with E-state index >= 15 is 0 Å². The second-order valence-corrected chi connectivity index (χ2v) is 6.43. The Balaban J connectivity index is 0.00000156. The lowest BCUT2D eigenvalue weighted by atomic mass is 9.98. The Hall–Kier alpha value is -1.07.